The number of hydrogen-bond donors (Lipinski definition) is 1. The molecule has 2 aliphatic rings. The van der Waals surface area contributed by atoms with E-state index in [1.807, 2.05) is 0 Å². The van der Waals surface area contributed by atoms with Crippen molar-refractivity contribution < 1.29 is 9.84 Å². The first-order chi connectivity index (χ1) is 8.34. The van der Waals surface area contributed by atoms with Crippen LogP contribution in [0.3, 0.4) is 0 Å². The number of nitrogens with zero attached hydrogens (tertiary/aromatic N) is 1. The van der Waals surface area contributed by atoms with Gasteiger partial charge < -0.3 is 14.7 Å². The molecule has 0 bridgehead atoms. The maximum Gasteiger partial charge on any atom is 0.0963 e. The van der Waals surface area contributed by atoms with E-state index in [4.69, 9.17) is 9.84 Å². The zero-order valence-corrected chi connectivity index (χ0v) is 10.1. The standard InChI is InChI=1S/C14H19NO2/c16-10-9-15-7-5-14(6-8-15)13-4-2-1-3-12(13)11-17-14/h1-4,16H,5-11H2. The monoisotopic (exact) mass is 233 g/mol. The second-order valence-electron chi connectivity index (χ2n) is 5.01. The van der Waals surface area contributed by atoms with Gasteiger partial charge in [0, 0.05) is 19.6 Å². The Morgan fingerprint density at radius 1 is 1.24 bits per heavy atom. The van der Waals surface area contributed by atoms with Crippen molar-refractivity contribution >= 4 is 0 Å². The summed E-state index contributed by atoms with van der Waals surface area (Å²) >= 11 is 0. The second kappa shape index (κ2) is 4.41. The molecular formula is C14H19NO2. The molecule has 92 valence electrons. The van der Waals surface area contributed by atoms with Gasteiger partial charge in [0.05, 0.1) is 18.8 Å². The second-order valence-corrected chi connectivity index (χ2v) is 5.01. The molecule has 0 aromatic heterocycles. The number of aliphatic hydroxyl groups excluding tert-OH is 1. The normalized spacial score (nSPS) is 22.9. The zero-order chi connectivity index (χ0) is 11.7. The van der Waals surface area contributed by atoms with Crippen molar-refractivity contribution in [1.29, 1.82) is 0 Å². The Labute approximate surface area is 102 Å². The quantitative estimate of drug-likeness (QED) is 0.840. The molecule has 3 nitrogen and oxygen atoms in total. The fraction of sp³-hybridized carbons (Fsp3) is 0.571. The summed E-state index contributed by atoms with van der Waals surface area (Å²) in [5.41, 5.74) is 2.70. The van der Waals surface area contributed by atoms with Gasteiger partial charge >= 0.3 is 0 Å². The van der Waals surface area contributed by atoms with E-state index in [1.165, 1.54) is 11.1 Å². The summed E-state index contributed by atoms with van der Waals surface area (Å²) in [6.07, 6.45) is 2.09. The Kier molecular flexibility index (Phi) is 2.90. The number of β-amino-alcohol motifs (C(OH)–C–C–N with tert-alkyl or cyclic N) is 1. The number of piperidine rings is 1. The summed E-state index contributed by atoms with van der Waals surface area (Å²) in [5, 5.41) is 8.96. The minimum atomic E-state index is -0.0391. The largest absolute Gasteiger partial charge is 0.395 e. The molecule has 1 saturated heterocycles. The number of ether oxygens (including phenoxy) is 1. The van der Waals surface area contributed by atoms with Gasteiger partial charge in [-0.05, 0) is 24.0 Å². The van der Waals surface area contributed by atoms with Crippen LogP contribution in [-0.4, -0.2) is 36.2 Å². The zero-order valence-electron chi connectivity index (χ0n) is 10.1. The van der Waals surface area contributed by atoms with E-state index in [2.05, 4.69) is 29.2 Å². The number of benzene rings is 1. The van der Waals surface area contributed by atoms with E-state index in [0.29, 0.717) is 0 Å². The summed E-state index contributed by atoms with van der Waals surface area (Å²) in [5.74, 6) is 0. The van der Waals surface area contributed by atoms with Crippen LogP contribution in [0, 0.1) is 0 Å². The Balaban J connectivity index is 1.78. The first-order valence-electron chi connectivity index (χ1n) is 6.40. The summed E-state index contributed by atoms with van der Waals surface area (Å²) in [4.78, 5) is 2.32. The Morgan fingerprint density at radius 3 is 2.76 bits per heavy atom. The summed E-state index contributed by atoms with van der Waals surface area (Å²) in [7, 11) is 0. The van der Waals surface area contributed by atoms with Gasteiger partial charge in [0.2, 0.25) is 0 Å². The molecule has 0 aliphatic carbocycles. The van der Waals surface area contributed by atoms with Crippen LogP contribution in [0.25, 0.3) is 0 Å². The smallest absolute Gasteiger partial charge is 0.0963 e. The van der Waals surface area contributed by atoms with E-state index < -0.39 is 0 Å². The van der Waals surface area contributed by atoms with Crippen molar-refractivity contribution in [1.82, 2.24) is 4.90 Å². The van der Waals surface area contributed by atoms with Gasteiger partial charge in [-0.25, -0.2) is 0 Å². The minimum Gasteiger partial charge on any atom is -0.395 e. The predicted molar refractivity (Wildman–Crippen MR) is 65.7 cm³/mol. The molecule has 0 unspecified atom stereocenters. The SMILES string of the molecule is OCCN1CCC2(CC1)OCc1ccccc12. The number of fused-ring (bicyclic) bond motifs is 2. The van der Waals surface area contributed by atoms with Crippen LogP contribution in [0.5, 0.6) is 0 Å². The lowest BCUT2D eigenvalue weighted by Crippen LogP contribution is -2.43. The number of likely N-dealkylation sites (tertiary alicyclic amines) is 1. The van der Waals surface area contributed by atoms with Crippen molar-refractivity contribution in [3.8, 4) is 0 Å². The highest BCUT2D eigenvalue weighted by Gasteiger charge is 2.42. The Bertz CT molecular complexity index is 397. The molecule has 0 saturated carbocycles. The lowest BCUT2D eigenvalue weighted by molar-refractivity contribution is -0.0799. The van der Waals surface area contributed by atoms with Crippen molar-refractivity contribution in [2.75, 3.05) is 26.2 Å². The topological polar surface area (TPSA) is 32.7 Å². The summed E-state index contributed by atoms with van der Waals surface area (Å²) in [6.45, 7) is 3.85. The number of aliphatic hydroxyl groups is 1. The molecule has 2 heterocycles. The van der Waals surface area contributed by atoms with Crippen LogP contribution in [0.1, 0.15) is 24.0 Å². The van der Waals surface area contributed by atoms with Crippen molar-refractivity contribution in [3.05, 3.63) is 35.4 Å². The molecule has 1 aromatic rings. The van der Waals surface area contributed by atoms with E-state index in [9.17, 15) is 0 Å². The highest BCUT2D eigenvalue weighted by Crippen LogP contribution is 2.43. The van der Waals surface area contributed by atoms with Crippen LogP contribution in [-0.2, 0) is 16.9 Å². The predicted octanol–water partition coefficient (Wildman–Crippen LogP) is 1.50. The molecule has 0 amide bonds. The maximum atomic E-state index is 8.96. The number of hydrogen-bond acceptors (Lipinski definition) is 3. The third-order valence-corrected chi connectivity index (χ3v) is 4.09. The first-order valence-corrected chi connectivity index (χ1v) is 6.40. The van der Waals surface area contributed by atoms with Gasteiger partial charge in [-0.1, -0.05) is 24.3 Å². The van der Waals surface area contributed by atoms with Crippen molar-refractivity contribution in [2.45, 2.75) is 25.0 Å². The first kappa shape index (κ1) is 11.2. The van der Waals surface area contributed by atoms with Crippen molar-refractivity contribution in [3.63, 3.8) is 0 Å². The average Bonchev–Trinajstić information content (AvgIpc) is 2.73. The molecule has 17 heavy (non-hydrogen) atoms. The van der Waals surface area contributed by atoms with Crippen LogP contribution >= 0.6 is 0 Å². The molecule has 1 N–H and O–H groups in total. The fourth-order valence-electron chi connectivity index (χ4n) is 3.08. The number of rotatable bonds is 2. The van der Waals surface area contributed by atoms with Gasteiger partial charge in [0.1, 0.15) is 0 Å². The highest BCUT2D eigenvalue weighted by atomic mass is 16.5. The Morgan fingerprint density at radius 2 is 2.00 bits per heavy atom. The van der Waals surface area contributed by atoms with E-state index >= 15 is 0 Å². The molecule has 1 spiro atoms. The summed E-state index contributed by atoms with van der Waals surface area (Å²) < 4.78 is 6.09. The van der Waals surface area contributed by atoms with Gasteiger partial charge in [-0.15, -0.1) is 0 Å². The van der Waals surface area contributed by atoms with Crippen LogP contribution < -0.4 is 0 Å². The molecular weight excluding hydrogens is 214 g/mol. The molecule has 3 rings (SSSR count). The third-order valence-electron chi connectivity index (χ3n) is 4.09. The van der Waals surface area contributed by atoms with E-state index in [0.717, 1.165) is 39.1 Å². The lowest BCUT2D eigenvalue weighted by Gasteiger charge is -2.39. The van der Waals surface area contributed by atoms with Crippen LogP contribution in [0.4, 0.5) is 0 Å². The van der Waals surface area contributed by atoms with Gasteiger partial charge in [0.25, 0.3) is 0 Å². The van der Waals surface area contributed by atoms with Gasteiger partial charge in [0.15, 0.2) is 0 Å². The van der Waals surface area contributed by atoms with Gasteiger partial charge in [-0.3, -0.25) is 0 Å². The third kappa shape index (κ3) is 1.88. The lowest BCUT2D eigenvalue weighted by atomic mass is 9.84. The summed E-state index contributed by atoms with van der Waals surface area (Å²) in [6, 6.07) is 8.58. The minimum absolute atomic E-state index is 0.0391. The fourth-order valence-corrected chi connectivity index (χ4v) is 3.08. The highest BCUT2D eigenvalue weighted by molar-refractivity contribution is 5.35. The van der Waals surface area contributed by atoms with Gasteiger partial charge in [-0.2, -0.15) is 0 Å². The van der Waals surface area contributed by atoms with Crippen molar-refractivity contribution in [2.24, 2.45) is 0 Å². The molecule has 0 atom stereocenters. The molecule has 3 heteroatoms. The van der Waals surface area contributed by atoms with Crippen LogP contribution in [0.2, 0.25) is 0 Å². The maximum absolute atomic E-state index is 8.96. The molecule has 1 aromatic carbocycles. The molecule has 1 fully saturated rings. The van der Waals surface area contributed by atoms with E-state index in [-0.39, 0.29) is 12.2 Å². The molecule has 0 radical (unpaired) electrons. The Hall–Kier alpha value is -0.900. The molecule has 2 aliphatic heterocycles. The average molecular weight is 233 g/mol. The van der Waals surface area contributed by atoms with Crippen LogP contribution in [0.15, 0.2) is 24.3 Å². The van der Waals surface area contributed by atoms with E-state index in [1.54, 1.807) is 0 Å².